The number of nitrogens with zero attached hydrogens (tertiary/aromatic N) is 2. The zero-order chi connectivity index (χ0) is 16.0. The summed E-state index contributed by atoms with van der Waals surface area (Å²) in [5.74, 6) is -0.471. The van der Waals surface area contributed by atoms with Crippen LogP contribution in [0.15, 0.2) is 0 Å². The molecule has 0 bridgehead atoms. The summed E-state index contributed by atoms with van der Waals surface area (Å²) in [4.78, 5) is 25.6. The van der Waals surface area contributed by atoms with E-state index in [0.717, 1.165) is 12.8 Å². The molecule has 2 amide bonds. The van der Waals surface area contributed by atoms with Crippen LogP contribution in [-0.4, -0.2) is 40.1 Å². The van der Waals surface area contributed by atoms with Crippen molar-refractivity contribution < 1.29 is 14.7 Å². The van der Waals surface area contributed by atoms with Crippen molar-refractivity contribution in [2.45, 2.75) is 64.5 Å². The molecular weight excluding hydrogens is 270 g/mol. The topological polar surface area (TPSA) is 93.4 Å². The Morgan fingerprint density at radius 1 is 1.43 bits per heavy atom. The van der Waals surface area contributed by atoms with Crippen molar-refractivity contribution in [3.05, 3.63) is 0 Å². The predicted octanol–water partition coefficient (Wildman–Crippen LogP) is 2.35. The number of rotatable bonds is 5. The van der Waals surface area contributed by atoms with Crippen molar-refractivity contribution in [2.75, 3.05) is 6.54 Å². The van der Waals surface area contributed by atoms with Crippen LogP contribution in [0.2, 0.25) is 0 Å². The lowest BCUT2D eigenvalue weighted by molar-refractivity contribution is -0.146. The lowest BCUT2D eigenvalue weighted by Gasteiger charge is -2.38. The maximum atomic E-state index is 12.4. The number of amides is 2. The molecule has 0 radical (unpaired) electrons. The Kier molecular flexibility index (Phi) is 6.01. The fraction of sp³-hybridized carbons (Fsp3) is 0.800. The van der Waals surface area contributed by atoms with E-state index in [4.69, 9.17) is 5.26 Å². The Labute approximate surface area is 126 Å². The average molecular weight is 295 g/mol. The van der Waals surface area contributed by atoms with Crippen molar-refractivity contribution in [1.82, 2.24) is 10.2 Å². The van der Waals surface area contributed by atoms with Gasteiger partial charge in [-0.15, -0.1) is 0 Å². The van der Waals surface area contributed by atoms with Crippen molar-refractivity contribution in [2.24, 2.45) is 5.92 Å². The number of nitriles is 1. The zero-order valence-corrected chi connectivity index (χ0v) is 13.1. The Bertz CT molecular complexity index is 420. The number of carboxylic acids is 1. The fourth-order valence-corrected chi connectivity index (χ4v) is 2.69. The minimum Gasteiger partial charge on any atom is -0.480 e. The van der Waals surface area contributed by atoms with Gasteiger partial charge in [0.25, 0.3) is 0 Å². The Hall–Kier alpha value is -1.77. The smallest absolute Gasteiger partial charge is 0.329 e. The highest BCUT2D eigenvalue weighted by atomic mass is 16.4. The molecule has 1 aliphatic rings. The lowest BCUT2D eigenvalue weighted by Crippen LogP contribution is -2.60. The molecule has 1 fully saturated rings. The van der Waals surface area contributed by atoms with Gasteiger partial charge in [-0.05, 0) is 45.4 Å². The van der Waals surface area contributed by atoms with Gasteiger partial charge in [0.15, 0.2) is 0 Å². The molecule has 0 aromatic rings. The maximum absolute atomic E-state index is 12.4. The molecule has 6 heteroatoms. The van der Waals surface area contributed by atoms with Gasteiger partial charge >= 0.3 is 12.0 Å². The number of carbonyl (C=O) groups excluding carboxylic acids is 1. The molecule has 0 heterocycles. The van der Waals surface area contributed by atoms with E-state index in [9.17, 15) is 14.7 Å². The number of carbonyl (C=O) groups is 2. The summed E-state index contributed by atoms with van der Waals surface area (Å²) in [7, 11) is 0. The van der Waals surface area contributed by atoms with E-state index < -0.39 is 17.5 Å². The van der Waals surface area contributed by atoms with Gasteiger partial charge in [-0.2, -0.15) is 5.26 Å². The van der Waals surface area contributed by atoms with Gasteiger partial charge in [-0.1, -0.05) is 6.92 Å². The number of aliphatic carboxylic acids is 1. The van der Waals surface area contributed by atoms with Gasteiger partial charge in [0.2, 0.25) is 0 Å². The van der Waals surface area contributed by atoms with Gasteiger partial charge in [0.05, 0.1) is 12.5 Å². The molecule has 2 N–H and O–H groups in total. The minimum absolute atomic E-state index is 0.0771. The third kappa shape index (κ3) is 4.35. The largest absolute Gasteiger partial charge is 0.480 e. The quantitative estimate of drug-likeness (QED) is 0.814. The molecule has 6 nitrogen and oxygen atoms in total. The van der Waals surface area contributed by atoms with E-state index in [1.807, 2.05) is 19.9 Å². The van der Waals surface area contributed by atoms with Crippen LogP contribution in [-0.2, 0) is 4.79 Å². The van der Waals surface area contributed by atoms with Gasteiger partial charge < -0.3 is 15.3 Å². The summed E-state index contributed by atoms with van der Waals surface area (Å²) in [5.41, 5.74) is -1.16. The van der Waals surface area contributed by atoms with E-state index in [-0.39, 0.29) is 12.5 Å². The molecule has 0 saturated heterocycles. The maximum Gasteiger partial charge on any atom is 0.329 e. The van der Waals surface area contributed by atoms with Crippen LogP contribution < -0.4 is 5.32 Å². The van der Waals surface area contributed by atoms with Crippen molar-refractivity contribution in [3.63, 3.8) is 0 Å². The summed E-state index contributed by atoms with van der Waals surface area (Å²) in [5, 5.41) is 20.9. The van der Waals surface area contributed by atoms with Crippen molar-refractivity contribution >= 4 is 12.0 Å². The van der Waals surface area contributed by atoms with Gasteiger partial charge in [0.1, 0.15) is 5.54 Å². The van der Waals surface area contributed by atoms with Crippen LogP contribution in [0.1, 0.15) is 52.9 Å². The van der Waals surface area contributed by atoms with Crippen LogP contribution in [0.4, 0.5) is 4.79 Å². The van der Waals surface area contributed by atoms with Crippen molar-refractivity contribution in [3.8, 4) is 6.07 Å². The summed E-state index contributed by atoms with van der Waals surface area (Å²) < 4.78 is 0. The predicted molar refractivity (Wildman–Crippen MR) is 78.6 cm³/mol. The second-order valence-corrected chi connectivity index (χ2v) is 6.20. The molecule has 0 atom stereocenters. The molecule has 0 aliphatic heterocycles. The average Bonchev–Trinajstić information content (AvgIpc) is 2.41. The van der Waals surface area contributed by atoms with Crippen LogP contribution in [0.3, 0.4) is 0 Å². The van der Waals surface area contributed by atoms with E-state index >= 15 is 0 Å². The molecule has 1 rings (SSSR count). The van der Waals surface area contributed by atoms with Gasteiger partial charge in [-0.3, -0.25) is 0 Å². The molecule has 0 aromatic carbocycles. The minimum atomic E-state index is -1.16. The monoisotopic (exact) mass is 295 g/mol. The molecule has 0 spiro atoms. The molecule has 1 aliphatic carbocycles. The number of nitrogens with one attached hydrogen (secondary N) is 1. The molecular formula is C15H25N3O3. The third-order valence-corrected chi connectivity index (χ3v) is 4.23. The van der Waals surface area contributed by atoms with E-state index in [1.54, 1.807) is 0 Å². The SMILES string of the molecule is CC1CCC(NC(=O)N(CCC#N)C(C)C)(C(=O)O)CC1. The standard InChI is InChI=1S/C15H25N3O3/c1-11(2)18(10-4-9-16)14(21)17-15(13(19)20)7-5-12(3)6-8-15/h11-12H,4-8,10H2,1-3H3,(H,17,21)(H,19,20). The highest BCUT2D eigenvalue weighted by Crippen LogP contribution is 2.32. The van der Waals surface area contributed by atoms with Crippen LogP contribution in [0.25, 0.3) is 0 Å². The third-order valence-electron chi connectivity index (χ3n) is 4.23. The Morgan fingerprint density at radius 2 is 2.00 bits per heavy atom. The Morgan fingerprint density at radius 3 is 2.43 bits per heavy atom. The first-order valence-electron chi connectivity index (χ1n) is 7.51. The summed E-state index contributed by atoms with van der Waals surface area (Å²) in [6.45, 7) is 6.12. The normalized spacial score (nSPS) is 25.2. The van der Waals surface area contributed by atoms with E-state index in [0.29, 0.717) is 25.3 Å². The number of carboxylic acid groups (broad SMARTS) is 1. The highest BCUT2D eigenvalue weighted by Gasteiger charge is 2.43. The first-order chi connectivity index (χ1) is 9.82. The second-order valence-electron chi connectivity index (χ2n) is 6.20. The van der Waals surface area contributed by atoms with Crippen LogP contribution in [0.5, 0.6) is 0 Å². The van der Waals surface area contributed by atoms with Gasteiger partial charge in [0, 0.05) is 12.6 Å². The summed E-state index contributed by atoms with van der Waals surface area (Å²) in [6.07, 6.45) is 2.75. The second kappa shape index (κ2) is 7.30. The van der Waals surface area contributed by atoms with E-state index in [2.05, 4.69) is 12.2 Å². The van der Waals surface area contributed by atoms with E-state index in [1.165, 1.54) is 4.90 Å². The first-order valence-corrected chi connectivity index (χ1v) is 7.51. The molecule has 0 unspecified atom stereocenters. The van der Waals surface area contributed by atoms with Crippen LogP contribution >= 0.6 is 0 Å². The van der Waals surface area contributed by atoms with Gasteiger partial charge in [-0.25, -0.2) is 9.59 Å². The highest BCUT2D eigenvalue weighted by molar-refractivity contribution is 5.86. The first kappa shape index (κ1) is 17.3. The molecule has 1 saturated carbocycles. The number of urea groups is 1. The number of hydrogen-bond acceptors (Lipinski definition) is 3. The Balaban J connectivity index is 2.80. The molecule has 21 heavy (non-hydrogen) atoms. The number of hydrogen-bond donors (Lipinski definition) is 2. The van der Waals surface area contributed by atoms with Crippen LogP contribution in [0, 0.1) is 17.2 Å². The lowest BCUT2D eigenvalue weighted by atomic mass is 9.77. The molecule has 118 valence electrons. The summed E-state index contributed by atoms with van der Waals surface area (Å²) >= 11 is 0. The fourth-order valence-electron chi connectivity index (χ4n) is 2.69. The zero-order valence-electron chi connectivity index (χ0n) is 13.1. The molecule has 0 aromatic heterocycles. The summed E-state index contributed by atoms with van der Waals surface area (Å²) in [6, 6.07) is 1.54. The van der Waals surface area contributed by atoms with Crippen molar-refractivity contribution in [1.29, 1.82) is 5.26 Å².